The summed E-state index contributed by atoms with van der Waals surface area (Å²) in [4.78, 5) is 30.0. The van der Waals surface area contributed by atoms with Crippen molar-refractivity contribution in [1.29, 1.82) is 0 Å². The highest BCUT2D eigenvalue weighted by molar-refractivity contribution is 7.44. The zero-order valence-electron chi connectivity index (χ0n) is 11.1. The van der Waals surface area contributed by atoms with Crippen molar-refractivity contribution in [2.75, 3.05) is 6.61 Å². The smallest absolute Gasteiger partial charge is 0.285 e. The first kappa shape index (κ1) is 16.9. The Morgan fingerprint density at radius 1 is 1.68 bits per heavy atom. The molecule has 1 unspecified atom stereocenters. The Hall–Kier alpha value is -1.45. The average Bonchev–Trinajstić information content (AvgIpc) is 2.71. The van der Waals surface area contributed by atoms with Gasteiger partial charge in [0.2, 0.25) is 0 Å². The molecule has 1 aliphatic rings. The quantitative estimate of drug-likeness (QED) is 0.549. The summed E-state index contributed by atoms with van der Waals surface area (Å²) in [5.74, 6) is -4.10. The molecule has 22 heavy (non-hydrogen) atoms. The molecule has 11 heteroatoms. The van der Waals surface area contributed by atoms with Crippen LogP contribution in [-0.2, 0) is 13.8 Å². The number of primary amides is 1. The Kier molecular flexibility index (Phi) is 4.59. The maximum absolute atomic E-state index is 13.8. The molecule has 122 valence electrons. The molecule has 1 saturated heterocycles. The summed E-state index contributed by atoms with van der Waals surface area (Å²) in [5.41, 5.74) is 5.21. The fraction of sp³-hybridized carbons (Fsp3) is 0.455. The Bertz CT molecular complexity index is 622. The Balaban J connectivity index is 2.13. The fourth-order valence-electron chi connectivity index (χ4n) is 2.02. The van der Waals surface area contributed by atoms with E-state index < -0.39 is 45.0 Å². The molecule has 0 aliphatic carbocycles. The van der Waals surface area contributed by atoms with Crippen molar-refractivity contribution in [3.63, 3.8) is 0 Å². The standard InChI is InChI=1S/C11H13F2N2O6P/c12-11(13)4-9(21-8(11)6-20-22(17,18)19)15-3-1-2-7(5-15)10(14)16/h1-3,5,8-9H,4,6H2,(H3-,14,16,17,18,19)/t8-,9-/m1/s1. The van der Waals surface area contributed by atoms with Gasteiger partial charge < -0.3 is 24.8 Å². The maximum atomic E-state index is 13.8. The third kappa shape index (κ3) is 4.05. The molecule has 0 radical (unpaired) electrons. The molecular formula is C11H13F2N2O6P. The van der Waals surface area contributed by atoms with Gasteiger partial charge >= 0.3 is 0 Å². The van der Waals surface area contributed by atoms with Gasteiger partial charge in [0, 0.05) is 6.07 Å². The van der Waals surface area contributed by atoms with E-state index in [0.717, 1.165) is 0 Å². The average molecular weight is 338 g/mol. The molecular weight excluding hydrogens is 325 g/mol. The van der Waals surface area contributed by atoms with Gasteiger partial charge in [-0.25, -0.2) is 8.78 Å². The number of nitrogens with zero attached hydrogens (tertiary/aromatic N) is 1. The highest BCUT2D eigenvalue weighted by atomic mass is 31.2. The SMILES string of the molecule is NC(=O)c1ccc[n+]([C@H]2CC(F)(F)[C@@H](COP(=O)([O-])O)O2)c1. The second kappa shape index (κ2) is 5.98. The van der Waals surface area contributed by atoms with E-state index in [0.29, 0.717) is 0 Å². The molecule has 0 spiro atoms. The zero-order valence-corrected chi connectivity index (χ0v) is 12.0. The van der Waals surface area contributed by atoms with E-state index >= 15 is 0 Å². The lowest BCUT2D eigenvalue weighted by molar-refractivity contribution is -0.759. The minimum absolute atomic E-state index is 0.105. The van der Waals surface area contributed by atoms with Crippen LogP contribution < -0.4 is 15.2 Å². The number of pyridine rings is 1. The van der Waals surface area contributed by atoms with E-state index in [-0.39, 0.29) is 5.56 Å². The van der Waals surface area contributed by atoms with Crippen LogP contribution in [0.15, 0.2) is 24.5 Å². The first-order chi connectivity index (χ1) is 10.1. The number of rotatable bonds is 5. The molecule has 0 aromatic carbocycles. The number of nitrogens with two attached hydrogens (primary N) is 1. The lowest BCUT2D eigenvalue weighted by atomic mass is 10.1. The molecule has 3 atom stereocenters. The third-order valence-electron chi connectivity index (χ3n) is 3.07. The molecule has 0 saturated carbocycles. The Labute approximate surface area is 123 Å². The van der Waals surface area contributed by atoms with Crippen molar-refractivity contribution in [3.8, 4) is 0 Å². The molecule has 3 N–H and O–H groups in total. The van der Waals surface area contributed by atoms with Gasteiger partial charge in [0.1, 0.15) is 12.0 Å². The van der Waals surface area contributed by atoms with Gasteiger partial charge in [0.15, 0.2) is 18.5 Å². The van der Waals surface area contributed by atoms with Crippen molar-refractivity contribution >= 4 is 13.7 Å². The van der Waals surface area contributed by atoms with Crippen LogP contribution in [0.4, 0.5) is 8.78 Å². The number of phosphoric ester groups is 1. The van der Waals surface area contributed by atoms with Crippen LogP contribution in [0.3, 0.4) is 0 Å². The minimum atomic E-state index is -5.12. The minimum Gasteiger partial charge on any atom is -0.756 e. The number of hydrogen-bond acceptors (Lipinski definition) is 5. The summed E-state index contributed by atoms with van der Waals surface area (Å²) in [5, 5.41) is 0. The topological polar surface area (TPSA) is 126 Å². The van der Waals surface area contributed by atoms with E-state index in [1.165, 1.54) is 29.1 Å². The normalized spacial score (nSPS) is 26.5. The molecule has 0 bridgehead atoms. The van der Waals surface area contributed by atoms with Gasteiger partial charge in [-0.3, -0.25) is 9.36 Å². The van der Waals surface area contributed by atoms with Crippen LogP contribution in [0.2, 0.25) is 0 Å². The van der Waals surface area contributed by atoms with Crippen LogP contribution >= 0.6 is 7.82 Å². The number of carbonyl (C=O) groups is 1. The number of hydrogen-bond donors (Lipinski definition) is 2. The van der Waals surface area contributed by atoms with E-state index in [9.17, 15) is 23.0 Å². The van der Waals surface area contributed by atoms with Crippen LogP contribution in [0, 0.1) is 0 Å². The summed E-state index contributed by atoms with van der Waals surface area (Å²) in [6, 6.07) is 2.84. The van der Waals surface area contributed by atoms with Crippen LogP contribution in [-0.4, -0.2) is 29.4 Å². The highest BCUT2D eigenvalue weighted by Crippen LogP contribution is 2.41. The van der Waals surface area contributed by atoms with Crippen molar-refractivity contribution in [1.82, 2.24) is 0 Å². The summed E-state index contributed by atoms with van der Waals surface area (Å²) in [6.45, 7) is -1.02. The highest BCUT2D eigenvalue weighted by Gasteiger charge is 2.54. The summed E-state index contributed by atoms with van der Waals surface area (Å²) in [7, 11) is -5.12. The Morgan fingerprint density at radius 2 is 2.36 bits per heavy atom. The van der Waals surface area contributed by atoms with Gasteiger partial charge in [-0.2, -0.15) is 4.57 Å². The van der Waals surface area contributed by atoms with Crippen molar-refractivity contribution in [2.45, 2.75) is 24.7 Å². The molecule has 2 rings (SSSR count). The molecule has 1 aromatic heterocycles. The third-order valence-corrected chi connectivity index (χ3v) is 3.54. The number of halogens is 2. The number of carbonyl (C=O) groups excluding carboxylic acids is 1. The second-order valence-electron chi connectivity index (χ2n) is 4.71. The monoisotopic (exact) mass is 338 g/mol. The fourth-order valence-corrected chi connectivity index (χ4v) is 2.34. The number of aromatic nitrogens is 1. The van der Waals surface area contributed by atoms with Crippen LogP contribution in [0.1, 0.15) is 23.0 Å². The van der Waals surface area contributed by atoms with Crippen LogP contribution in [0.25, 0.3) is 0 Å². The maximum Gasteiger partial charge on any atom is 0.285 e. The Morgan fingerprint density at radius 3 is 2.95 bits per heavy atom. The lowest BCUT2D eigenvalue weighted by Crippen LogP contribution is -2.40. The van der Waals surface area contributed by atoms with Gasteiger partial charge in [-0.15, -0.1) is 0 Å². The number of phosphoric acid groups is 1. The van der Waals surface area contributed by atoms with Gasteiger partial charge in [-0.1, -0.05) is 0 Å². The summed E-state index contributed by atoms with van der Waals surface area (Å²) >= 11 is 0. The number of alkyl halides is 2. The zero-order chi connectivity index (χ0) is 16.5. The number of amides is 1. The lowest BCUT2D eigenvalue weighted by Gasteiger charge is -2.20. The summed E-state index contributed by atoms with van der Waals surface area (Å²) < 4.78 is 48.3. The predicted octanol–water partition coefficient (Wildman–Crippen LogP) is -0.527. The molecule has 1 aromatic rings. The van der Waals surface area contributed by atoms with E-state index in [4.69, 9.17) is 15.4 Å². The molecule has 2 heterocycles. The first-order valence-corrected chi connectivity index (χ1v) is 7.60. The second-order valence-corrected chi connectivity index (χ2v) is 5.91. The van der Waals surface area contributed by atoms with E-state index in [1.807, 2.05) is 0 Å². The largest absolute Gasteiger partial charge is 0.756 e. The molecule has 1 fully saturated rings. The van der Waals surface area contributed by atoms with E-state index in [2.05, 4.69) is 4.52 Å². The van der Waals surface area contributed by atoms with Crippen molar-refractivity contribution < 1.29 is 41.8 Å². The number of ether oxygens (including phenoxy) is 1. The molecule has 1 aliphatic heterocycles. The molecule has 1 amide bonds. The van der Waals surface area contributed by atoms with E-state index in [1.54, 1.807) is 0 Å². The molecule has 8 nitrogen and oxygen atoms in total. The van der Waals surface area contributed by atoms with Gasteiger partial charge in [0.25, 0.3) is 25.9 Å². The van der Waals surface area contributed by atoms with Gasteiger partial charge in [0.05, 0.1) is 6.61 Å². The van der Waals surface area contributed by atoms with Crippen molar-refractivity contribution in [2.24, 2.45) is 5.73 Å². The summed E-state index contributed by atoms with van der Waals surface area (Å²) in [6.07, 6.45) is -1.08. The van der Waals surface area contributed by atoms with Crippen LogP contribution in [0.5, 0.6) is 0 Å². The predicted molar refractivity (Wildman–Crippen MR) is 64.4 cm³/mol. The first-order valence-electron chi connectivity index (χ1n) is 6.11. The van der Waals surface area contributed by atoms with Crippen molar-refractivity contribution in [3.05, 3.63) is 30.1 Å². The van der Waals surface area contributed by atoms with Gasteiger partial charge in [-0.05, 0) is 6.07 Å².